The summed E-state index contributed by atoms with van der Waals surface area (Å²) in [7, 11) is 0. The van der Waals surface area contributed by atoms with E-state index in [9.17, 15) is 0 Å². The van der Waals surface area contributed by atoms with Crippen LogP contribution in [0.3, 0.4) is 0 Å². The molecule has 5 heteroatoms. The first-order valence-electron chi connectivity index (χ1n) is 16.9. The summed E-state index contributed by atoms with van der Waals surface area (Å²) < 4.78 is 13.0. The van der Waals surface area contributed by atoms with Gasteiger partial charge < -0.3 is 8.83 Å². The standard InChI is InChI=1S/C45H29N3O2/c1-3-12-28(13-4-1)29-24-26-30(27-25-29)32-17-10-22-38-40(32)41-35(19-11-23-39(41)49-38)44-46-43(31-14-5-2-6-15-31)47-45(48-44)36-20-9-18-34-33-16-7-8-21-37(33)50-42(34)36/h1-8,10-17,19-27H,9,18H2. The monoisotopic (exact) mass is 643 g/mol. The number of furan rings is 2. The average molecular weight is 644 g/mol. The van der Waals surface area contributed by atoms with Crippen LogP contribution in [0.25, 0.3) is 83.5 Å². The van der Waals surface area contributed by atoms with Crippen molar-refractivity contribution in [2.45, 2.75) is 12.8 Å². The van der Waals surface area contributed by atoms with Crippen LogP contribution in [0.5, 0.6) is 0 Å². The summed E-state index contributed by atoms with van der Waals surface area (Å²) in [6.07, 6.45) is 3.99. The first kappa shape index (κ1) is 28.4. The molecular weight excluding hydrogens is 615 g/mol. The zero-order chi connectivity index (χ0) is 33.0. The van der Waals surface area contributed by atoms with Crippen LogP contribution in [0, 0.1) is 0 Å². The molecule has 10 rings (SSSR count). The second-order valence-corrected chi connectivity index (χ2v) is 12.6. The Hall–Kier alpha value is -6.59. The molecule has 50 heavy (non-hydrogen) atoms. The lowest BCUT2D eigenvalue weighted by atomic mass is 9.94. The highest BCUT2D eigenvalue weighted by Crippen LogP contribution is 2.42. The minimum absolute atomic E-state index is 0.584. The molecule has 0 radical (unpaired) electrons. The quantitative estimate of drug-likeness (QED) is 0.187. The van der Waals surface area contributed by atoms with Crippen molar-refractivity contribution in [3.8, 4) is 45.0 Å². The van der Waals surface area contributed by atoms with E-state index >= 15 is 0 Å². The van der Waals surface area contributed by atoms with Gasteiger partial charge in [0.15, 0.2) is 17.5 Å². The maximum Gasteiger partial charge on any atom is 0.167 e. The molecule has 1 aliphatic rings. The van der Waals surface area contributed by atoms with Gasteiger partial charge in [0.1, 0.15) is 22.5 Å². The van der Waals surface area contributed by atoms with Gasteiger partial charge in [0.2, 0.25) is 0 Å². The predicted octanol–water partition coefficient (Wildman–Crippen LogP) is 11.6. The summed E-state index contributed by atoms with van der Waals surface area (Å²) in [5, 5.41) is 3.15. The number of aromatic nitrogens is 3. The number of aryl methyl sites for hydroxylation is 1. The van der Waals surface area contributed by atoms with E-state index in [0.717, 1.165) is 79.3 Å². The van der Waals surface area contributed by atoms with Crippen LogP contribution in [0.4, 0.5) is 0 Å². The molecule has 236 valence electrons. The predicted molar refractivity (Wildman–Crippen MR) is 200 cm³/mol. The molecule has 0 spiro atoms. The molecule has 6 aromatic carbocycles. The highest BCUT2D eigenvalue weighted by molar-refractivity contribution is 6.17. The second kappa shape index (κ2) is 11.5. The fourth-order valence-electron chi connectivity index (χ4n) is 7.31. The van der Waals surface area contributed by atoms with Crippen LogP contribution in [0.2, 0.25) is 0 Å². The Morgan fingerprint density at radius 3 is 1.78 bits per heavy atom. The third-order valence-corrected chi connectivity index (χ3v) is 9.66. The van der Waals surface area contributed by atoms with Crippen molar-refractivity contribution in [3.05, 3.63) is 169 Å². The summed E-state index contributed by atoms with van der Waals surface area (Å²) in [5.41, 5.74) is 10.9. The Balaban J connectivity index is 1.18. The molecular formula is C45H29N3O2. The Bertz CT molecular complexity index is 2740. The molecule has 0 N–H and O–H groups in total. The highest BCUT2D eigenvalue weighted by atomic mass is 16.3. The van der Waals surface area contributed by atoms with Crippen molar-refractivity contribution >= 4 is 38.5 Å². The van der Waals surface area contributed by atoms with Gasteiger partial charge in [-0.2, -0.15) is 0 Å². The fraction of sp³-hybridized carbons (Fsp3) is 0.0444. The number of para-hydroxylation sites is 1. The van der Waals surface area contributed by atoms with E-state index in [0.29, 0.717) is 17.5 Å². The Kier molecular flexibility index (Phi) is 6.56. The third-order valence-electron chi connectivity index (χ3n) is 9.66. The van der Waals surface area contributed by atoms with Gasteiger partial charge in [0.05, 0.1) is 5.57 Å². The summed E-state index contributed by atoms with van der Waals surface area (Å²) in [5.74, 6) is 2.62. The van der Waals surface area contributed by atoms with E-state index in [-0.39, 0.29) is 0 Å². The number of hydrogen-bond donors (Lipinski definition) is 0. The largest absolute Gasteiger partial charge is 0.456 e. The minimum atomic E-state index is 0.584. The van der Waals surface area contributed by atoms with Crippen LogP contribution in [-0.4, -0.2) is 15.0 Å². The molecule has 0 bridgehead atoms. The van der Waals surface area contributed by atoms with Crippen LogP contribution >= 0.6 is 0 Å². The van der Waals surface area contributed by atoms with E-state index in [1.807, 2.05) is 66.7 Å². The minimum Gasteiger partial charge on any atom is -0.456 e. The first-order chi connectivity index (χ1) is 24.8. The van der Waals surface area contributed by atoms with E-state index in [4.69, 9.17) is 23.8 Å². The maximum absolute atomic E-state index is 6.51. The Labute approximate surface area is 288 Å². The molecule has 3 aromatic heterocycles. The second-order valence-electron chi connectivity index (χ2n) is 12.6. The van der Waals surface area contributed by atoms with Crippen LogP contribution in [0.15, 0.2) is 161 Å². The number of fused-ring (bicyclic) bond motifs is 6. The van der Waals surface area contributed by atoms with Crippen molar-refractivity contribution in [2.24, 2.45) is 0 Å². The SMILES string of the molecule is C1=C(c2nc(-c3ccccc3)nc(-c3cccc4oc5cccc(-c6ccc(-c7ccccc7)cc6)c5c34)n2)c2oc3ccccc3c2CC1. The zero-order valence-corrected chi connectivity index (χ0v) is 27.0. The fourth-order valence-corrected chi connectivity index (χ4v) is 7.31. The van der Waals surface area contributed by atoms with Gasteiger partial charge in [-0.25, -0.2) is 15.0 Å². The average Bonchev–Trinajstić information content (AvgIpc) is 3.77. The van der Waals surface area contributed by atoms with E-state index in [2.05, 4.69) is 84.9 Å². The summed E-state index contributed by atoms with van der Waals surface area (Å²) in [4.78, 5) is 15.4. The molecule has 0 atom stereocenters. The molecule has 3 heterocycles. The van der Waals surface area contributed by atoms with E-state index < -0.39 is 0 Å². The van der Waals surface area contributed by atoms with Crippen molar-refractivity contribution in [2.75, 3.05) is 0 Å². The lowest BCUT2D eigenvalue weighted by Gasteiger charge is -2.14. The number of allylic oxidation sites excluding steroid dienone is 1. The summed E-state index contributed by atoms with van der Waals surface area (Å²) >= 11 is 0. The van der Waals surface area contributed by atoms with Gasteiger partial charge in [0, 0.05) is 32.8 Å². The van der Waals surface area contributed by atoms with Crippen molar-refractivity contribution in [1.82, 2.24) is 15.0 Å². The van der Waals surface area contributed by atoms with Gasteiger partial charge >= 0.3 is 0 Å². The van der Waals surface area contributed by atoms with E-state index in [1.165, 1.54) is 16.7 Å². The molecule has 9 aromatic rings. The highest BCUT2D eigenvalue weighted by Gasteiger charge is 2.26. The number of hydrogen-bond acceptors (Lipinski definition) is 5. The Morgan fingerprint density at radius 1 is 0.420 bits per heavy atom. The third kappa shape index (κ3) is 4.66. The van der Waals surface area contributed by atoms with Gasteiger partial charge in [-0.15, -0.1) is 0 Å². The van der Waals surface area contributed by atoms with Crippen LogP contribution < -0.4 is 0 Å². The first-order valence-corrected chi connectivity index (χ1v) is 16.9. The van der Waals surface area contributed by atoms with Gasteiger partial charge in [0.25, 0.3) is 0 Å². The van der Waals surface area contributed by atoms with Crippen molar-refractivity contribution in [3.63, 3.8) is 0 Å². The number of rotatable bonds is 5. The normalized spacial score (nSPS) is 12.8. The van der Waals surface area contributed by atoms with Gasteiger partial charge in [-0.05, 0) is 53.3 Å². The van der Waals surface area contributed by atoms with E-state index in [1.54, 1.807) is 0 Å². The molecule has 0 saturated carbocycles. The van der Waals surface area contributed by atoms with Crippen molar-refractivity contribution < 1.29 is 8.83 Å². The molecule has 0 amide bonds. The lowest BCUT2D eigenvalue weighted by molar-refractivity contribution is 0.590. The molecule has 0 aliphatic heterocycles. The maximum atomic E-state index is 6.51. The molecule has 5 nitrogen and oxygen atoms in total. The molecule has 0 unspecified atom stereocenters. The summed E-state index contributed by atoms with van der Waals surface area (Å²) in [6.45, 7) is 0. The van der Waals surface area contributed by atoms with Gasteiger partial charge in [-0.3, -0.25) is 0 Å². The summed E-state index contributed by atoms with van der Waals surface area (Å²) in [6, 6.07) is 49.9. The topological polar surface area (TPSA) is 65.0 Å². The van der Waals surface area contributed by atoms with Gasteiger partial charge in [-0.1, -0.05) is 133 Å². The van der Waals surface area contributed by atoms with Crippen LogP contribution in [0.1, 0.15) is 23.6 Å². The lowest BCUT2D eigenvalue weighted by Crippen LogP contribution is -2.06. The molecule has 0 saturated heterocycles. The molecule has 0 fully saturated rings. The smallest absolute Gasteiger partial charge is 0.167 e. The number of nitrogens with zero attached hydrogens (tertiary/aromatic N) is 3. The van der Waals surface area contributed by atoms with Crippen LogP contribution in [-0.2, 0) is 6.42 Å². The molecule has 1 aliphatic carbocycles. The zero-order valence-electron chi connectivity index (χ0n) is 27.0. The number of benzene rings is 6. The Morgan fingerprint density at radius 2 is 1.00 bits per heavy atom. The van der Waals surface area contributed by atoms with Crippen molar-refractivity contribution in [1.29, 1.82) is 0 Å².